The molecular formula is C26H34N4OS. The van der Waals surface area contributed by atoms with Crippen LogP contribution < -0.4 is 20.4 Å². The standard InChI is InChI=1S/C26H34N4OS/c1-18-6-4-14-29(17-18)23-12-9-21(10-13-23)20(3)27-26(32)28-22-11-8-19(2)24(16-22)30-15-5-7-25(30)31/h8-13,16,18,20H,4-7,14-15,17H2,1-3H3,(H2,27,28,32)/t18-,20-/m0/s1. The summed E-state index contributed by atoms with van der Waals surface area (Å²) in [5.74, 6) is 0.959. The molecule has 170 valence electrons. The zero-order valence-electron chi connectivity index (χ0n) is 19.4. The number of hydrogen-bond acceptors (Lipinski definition) is 3. The van der Waals surface area contributed by atoms with Crippen LogP contribution in [-0.4, -0.2) is 30.7 Å². The number of piperidine rings is 1. The van der Waals surface area contributed by atoms with Gasteiger partial charge in [0.25, 0.3) is 0 Å². The van der Waals surface area contributed by atoms with Crippen molar-refractivity contribution in [3.63, 3.8) is 0 Å². The largest absolute Gasteiger partial charge is 0.371 e. The molecule has 2 N–H and O–H groups in total. The van der Waals surface area contributed by atoms with E-state index in [0.717, 1.165) is 48.9 Å². The molecule has 2 aliphatic rings. The molecule has 1 amide bonds. The summed E-state index contributed by atoms with van der Waals surface area (Å²) in [7, 11) is 0. The number of anilines is 3. The number of nitrogens with one attached hydrogen (secondary N) is 2. The van der Waals surface area contributed by atoms with Crippen LogP contribution in [0, 0.1) is 12.8 Å². The molecule has 2 aromatic carbocycles. The van der Waals surface area contributed by atoms with E-state index in [2.05, 4.69) is 53.6 Å². The van der Waals surface area contributed by atoms with Gasteiger partial charge in [-0.05, 0) is 86.6 Å². The molecule has 2 aromatic rings. The summed E-state index contributed by atoms with van der Waals surface area (Å²) in [6.07, 6.45) is 4.15. The fourth-order valence-corrected chi connectivity index (χ4v) is 5.02. The Labute approximate surface area is 197 Å². The number of amides is 1. The number of nitrogens with zero attached hydrogens (tertiary/aromatic N) is 2. The van der Waals surface area contributed by atoms with Crippen LogP contribution in [0.2, 0.25) is 0 Å². The van der Waals surface area contributed by atoms with Gasteiger partial charge >= 0.3 is 0 Å². The number of hydrogen-bond donors (Lipinski definition) is 2. The highest BCUT2D eigenvalue weighted by Crippen LogP contribution is 2.28. The van der Waals surface area contributed by atoms with Crippen LogP contribution in [0.15, 0.2) is 42.5 Å². The summed E-state index contributed by atoms with van der Waals surface area (Å²) >= 11 is 5.58. The molecule has 0 spiro atoms. The predicted octanol–water partition coefficient (Wildman–Crippen LogP) is 5.41. The molecule has 2 heterocycles. The first kappa shape index (κ1) is 22.6. The average molecular weight is 451 g/mol. The Balaban J connectivity index is 1.36. The third-order valence-corrected chi connectivity index (χ3v) is 6.81. The van der Waals surface area contributed by atoms with Crippen LogP contribution in [0.3, 0.4) is 0 Å². The Morgan fingerprint density at radius 2 is 1.91 bits per heavy atom. The molecule has 4 rings (SSSR count). The number of thiocarbonyl (C=S) groups is 1. The zero-order valence-corrected chi connectivity index (χ0v) is 20.2. The summed E-state index contributed by atoms with van der Waals surface area (Å²) in [6.45, 7) is 9.57. The number of aryl methyl sites for hydroxylation is 1. The van der Waals surface area contributed by atoms with Gasteiger partial charge in [-0.1, -0.05) is 25.1 Å². The van der Waals surface area contributed by atoms with E-state index in [1.54, 1.807) is 0 Å². The minimum Gasteiger partial charge on any atom is -0.371 e. The molecular weight excluding hydrogens is 416 g/mol. The molecule has 2 fully saturated rings. The normalized spacial score (nSPS) is 19.7. The van der Waals surface area contributed by atoms with E-state index in [9.17, 15) is 4.79 Å². The van der Waals surface area contributed by atoms with E-state index in [4.69, 9.17) is 12.2 Å². The van der Waals surface area contributed by atoms with Crippen molar-refractivity contribution in [2.45, 2.75) is 52.5 Å². The van der Waals surface area contributed by atoms with Crippen LogP contribution in [0.4, 0.5) is 17.1 Å². The van der Waals surface area contributed by atoms with Crippen molar-refractivity contribution >= 4 is 40.3 Å². The minimum absolute atomic E-state index is 0.0920. The minimum atomic E-state index is 0.0920. The lowest BCUT2D eigenvalue weighted by Gasteiger charge is -2.33. The second kappa shape index (κ2) is 9.90. The van der Waals surface area contributed by atoms with Gasteiger partial charge in [0, 0.05) is 43.1 Å². The fraction of sp³-hybridized carbons (Fsp3) is 0.462. The molecule has 0 aromatic heterocycles. The quantitative estimate of drug-likeness (QED) is 0.597. The average Bonchev–Trinajstić information content (AvgIpc) is 3.20. The van der Waals surface area contributed by atoms with Gasteiger partial charge in [-0.25, -0.2) is 0 Å². The molecule has 0 aliphatic carbocycles. The van der Waals surface area contributed by atoms with Gasteiger partial charge in [-0.2, -0.15) is 0 Å². The Morgan fingerprint density at radius 1 is 1.12 bits per heavy atom. The fourth-order valence-electron chi connectivity index (χ4n) is 4.73. The molecule has 0 unspecified atom stereocenters. The predicted molar refractivity (Wildman–Crippen MR) is 138 cm³/mol. The Bertz CT molecular complexity index is 974. The van der Waals surface area contributed by atoms with Crippen LogP contribution in [0.5, 0.6) is 0 Å². The SMILES string of the molecule is Cc1ccc(NC(=S)N[C@@H](C)c2ccc(N3CCC[C@H](C)C3)cc2)cc1N1CCCC1=O. The summed E-state index contributed by atoms with van der Waals surface area (Å²) in [4.78, 5) is 16.5. The van der Waals surface area contributed by atoms with Crippen molar-refractivity contribution in [3.8, 4) is 0 Å². The first-order chi connectivity index (χ1) is 15.4. The van der Waals surface area contributed by atoms with Crippen molar-refractivity contribution in [2.24, 2.45) is 5.92 Å². The van der Waals surface area contributed by atoms with E-state index < -0.39 is 0 Å². The smallest absolute Gasteiger partial charge is 0.227 e. The van der Waals surface area contributed by atoms with E-state index >= 15 is 0 Å². The number of carbonyl (C=O) groups is 1. The van der Waals surface area contributed by atoms with Gasteiger partial charge in [0.1, 0.15) is 0 Å². The van der Waals surface area contributed by atoms with Crippen LogP contribution in [0.25, 0.3) is 0 Å². The molecule has 32 heavy (non-hydrogen) atoms. The Hall–Kier alpha value is -2.60. The zero-order chi connectivity index (χ0) is 22.7. The van der Waals surface area contributed by atoms with E-state index in [1.807, 2.05) is 30.0 Å². The highest BCUT2D eigenvalue weighted by atomic mass is 32.1. The van der Waals surface area contributed by atoms with Gasteiger partial charge in [0.05, 0.1) is 6.04 Å². The van der Waals surface area contributed by atoms with Crippen LogP contribution in [-0.2, 0) is 4.79 Å². The first-order valence-corrected chi connectivity index (χ1v) is 12.1. The van der Waals surface area contributed by atoms with Crippen LogP contribution >= 0.6 is 12.2 Å². The lowest BCUT2D eigenvalue weighted by molar-refractivity contribution is -0.117. The van der Waals surface area contributed by atoms with E-state index in [1.165, 1.54) is 24.1 Å². The van der Waals surface area contributed by atoms with Crippen LogP contribution in [0.1, 0.15) is 56.7 Å². The molecule has 0 saturated carbocycles. The van der Waals surface area contributed by atoms with Crippen molar-refractivity contribution in [3.05, 3.63) is 53.6 Å². The Kier molecular flexibility index (Phi) is 6.99. The maximum absolute atomic E-state index is 12.2. The van der Waals surface area contributed by atoms with Crippen molar-refractivity contribution in [1.82, 2.24) is 5.32 Å². The molecule has 5 nitrogen and oxygen atoms in total. The lowest BCUT2D eigenvalue weighted by Crippen LogP contribution is -2.34. The summed E-state index contributed by atoms with van der Waals surface area (Å²) in [5, 5.41) is 7.26. The first-order valence-electron chi connectivity index (χ1n) is 11.7. The summed E-state index contributed by atoms with van der Waals surface area (Å²) in [5.41, 5.74) is 5.47. The van der Waals surface area contributed by atoms with Crippen molar-refractivity contribution in [2.75, 3.05) is 34.8 Å². The van der Waals surface area contributed by atoms with Crippen molar-refractivity contribution < 1.29 is 4.79 Å². The number of carbonyl (C=O) groups excluding carboxylic acids is 1. The monoisotopic (exact) mass is 450 g/mol. The highest BCUT2D eigenvalue weighted by molar-refractivity contribution is 7.80. The molecule has 2 atom stereocenters. The second-order valence-electron chi connectivity index (χ2n) is 9.26. The summed E-state index contributed by atoms with van der Waals surface area (Å²) in [6, 6.07) is 15.0. The van der Waals surface area contributed by atoms with E-state index in [0.29, 0.717) is 11.5 Å². The van der Waals surface area contributed by atoms with E-state index in [-0.39, 0.29) is 11.9 Å². The third kappa shape index (κ3) is 5.23. The maximum Gasteiger partial charge on any atom is 0.227 e. The molecule has 0 radical (unpaired) electrons. The molecule has 0 bridgehead atoms. The number of benzene rings is 2. The van der Waals surface area contributed by atoms with Gasteiger partial charge in [-0.15, -0.1) is 0 Å². The molecule has 2 saturated heterocycles. The van der Waals surface area contributed by atoms with Gasteiger partial charge in [-0.3, -0.25) is 4.79 Å². The van der Waals surface area contributed by atoms with Gasteiger partial charge in [0.15, 0.2) is 5.11 Å². The molecule has 2 aliphatic heterocycles. The summed E-state index contributed by atoms with van der Waals surface area (Å²) < 4.78 is 0. The lowest BCUT2D eigenvalue weighted by atomic mass is 9.99. The third-order valence-electron chi connectivity index (χ3n) is 6.59. The van der Waals surface area contributed by atoms with Gasteiger partial charge < -0.3 is 20.4 Å². The molecule has 6 heteroatoms. The number of rotatable bonds is 5. The highest BCUT2D eigenvalue weighted by Gasteiger charge is 2.23. The topological polar surface area (TPSA) is 47.6 Å². The van der Waals surface area contributed by atoms with Crippen molar-refractivity contribution in [1.29, 1.82) is 0 Å². The van der Waals surface area contributed by atoms with Gasteiger partial charge in [0.2, 0.25) is 5.91 Å². The maximum atomic E-state index is 12.2. The second-order valence-corrected chi connectivity index (χ2v) is 9.66. The Morgan fingerprint density at radius 3 is 2.59 bits per heavy atom.